The summed E-state index contributed by atoms with van der Waals surface area (Å²) in [6, 6.07) is 7.92. The number of pyridine rings is 1. The van der Waals surface area contributed by atoms with E-state index >= 15 is 4.39 Å². The van der Waals surface area contributed by atoms with Crippen molar-refractivity contribution in [3.05, 3.63) is 53.2 Å². The summed E-state index contributed by atoms with van der Waals surface area (Å²) in [5.74, 6) is -0.847. The van der Waals surface area contributed by atoms with Gasteiger partial charge in [0.25, 0.3) is 0 Å². The zero-order chi connectivity index (χ0) is 29.1. The second kappa shape index (κ2) is 10.5. The zero-order valence-electron chi connectivity index (χ0n) is 22.9. The molecule has 1 N–H and O–H groups in total. The molecule has 2 aromatic heterocycles. The molecule has 2 bridgehead atoms. The third-order valence-electron chi connectivity index (χ3n) is 8.91. The molecular weight excluding hydrogens is 566 g/mol. The fourth-order valence-corrected chi connectivity index (χ4v) is 7.04. The van der Waals surface area contributed by atoms with E-state index in [1.807, 2.05) is 11.9 Å². The molecule has 9 nitrogen and oxygen atoms in total. The van der Waals surface area contributed by atoms with Crippen LogP contribution < -0.4 is 9.64 Å². The molecule has 12 heteroatoms. The van der Waals surface area contributed by atoms with E-state index in [4.69, 9.17) is 21.3 Å². The van der Waals surface area contributed by atoms with Crippen LogP contribution in [0.5, 0.6) is 6.01 Å². The molecule has 3 fully saturated rings. The smallest absolute Gasteiger partial charge is 0.407 e. The van der Waals surface area contributed by atoms with Crippen LogP contribution in [0.15, 0.2) is 36.5 Å². The number of carbonyl (C=O) groups is 1. The lowest BCUT2D eigenvalue weighted by Crippen LogP contribution is -2.55. The van der Waals surface area contributed by atoms with Gasteiger partial charge in [-0.3, -0.25) is 9.88 Å². The Morgan fingerprint density at radius 3 is 2.62 bits per heavy atom. The minimum atomic E-state index is -0.929. The summed E-state index contributed by atoms with van der Waals surface area (Å²) in [6.45, 7) is 2.17. The van der Waals surface area contributed by atoms with Gasteiger partial charge in [0.2, 0.25) is 0 Å². The van der Waals surface area contributed by atoms with Gasteiger partial charge < -0.3 is 19.6 Å². The predicted molar refractivity (Wildman–Crippen MR) is 155 cm³/mol. The van der Waals surface area contributed by atoms with Crippen LogP contribution in [0.2, 0.25) is 5.02 Å². The number of nitrogens with zero attached hydrogens (tertiary/aromatic N) is 6. The van der Waals surface area contributed by atoms with Crippen molar-refractivity contribution in [1.29, 1.82) is 0 Å². The number of hydrogen-bond acceptors (Lipinski definition) is 7. The van der Waals surface area contributed by atoms with Crippen molar-refractivity contribution in [3.8, 4) is 17.3 Å². The molecule has 7 rings (SSSR count). The molecule has 5 heterocycles. The van der Waals surface area contributed by atoms with E-state index in [2.05, 4.69) is 14.9 Å². The van der Waals surface area contributed by atoms with E-state index in [1.54, 1.807) is 24.3 Å². The first-order chi connectivity index (χ1) is 20.3. The van der Waals surface area contributed by atoms with Gasteiger partial charge in [0, 0.05) is 36.3 Å². The maximum absolute atomic E-state index is 16.5. The Balaban J connectivity index is 1.35. The molecule has 218 valence electrons. The Morgan fingerprint density at radius 1 is 1.12 bits per heavy atom. The van der Waals surface area contributed by atoms with Gasteiger partial charge in [-0.15, -0.1) is 0 Å². The van der Waals surface area contributed by atoms with Crippen molar-refractivity contribution in [1.82, 2.24) is 24.8 Å². The second-order valence-electron chi connectivity index (χ2n) is 11.3. The molecule has 0 spiro atoms. The van der Waals surface area contributed by atoms with Gasteiger partial charge in [0.1, 0.15) is 29.5 Å². The number of benzene rings is 2. The number of likely N-dealkylation sites (N-methyl/N-ethyl adjacent to an activating group) is 1. The number of halogens is 3. The first kappa shape index (κ1) is 27.0. The number of amides is 1. The highest BCUT2D eigenvalue weighted by Gasteiger charge is 2.43. The monoisotopic (exact) mass is 594 g/mol. The lowest BCUT2D eigenvalue weighted by atomic mass is 10.0. The van der Waals surface area contributed by atoms with Crippen LogP contribution in [0.1, 0.15) is 25.7 Å². The Morgan fingerprint density at radius 2 is 1.90 bits per heavy atom. The number of fused-ring (bicyclic) bond motifs is 4. The molecule has 3 aliphatic heterocycles. The number of piperazine rings is 1. The molecule has 3 aliphatic rings. The second-order valence-corrected chi connectivity index (χ2v) is 11.7. The first-order valence-corrected chi connectivity index (χ1v) is 14.5. The van der Waals surface area contributed by atoms with Gasteiger partial charge in [-0.1, -0.05) is 35.9 Å². The summed E-state index contributed by atoms with van der Waals surface area (Å²) < 4.78 is 37.1. The number of hydrogen-bond donors (Lipinski definition) is 1. The maximum atomic E-state index is 16.5. The van der Waals surface area contributed by atoms with Crippen LogP contribution in [0, 0.1) is 11.6 Å². The molecule has 3 atom stereocenters. The number of ether oxygens (including phenoxy) is 1. The van der Waals surface area contributed by atoms with Crippen LogP contribution in [-0.2, 0) is 0 Å². The molecule has 42 heavy (non-hydrogen) atoms. The van der Waals surface area contributed by atoms with Crippen LogP contribution in [-0.4, -0.2) is 87.4 Å². The molecule has 1 amide bonds. The van der Waals surface area contributed by atoms with Crippen LogP contribution in [0.3, 0.4) is 0 Å². The quantitative estimate of drug-likeness (QED) is 0.320. The minimum Gasteiger partial charge on any atom is -0.465 e. The molecule has 0 radical (unpaired) electrons. The van der Waals surface area contributed by atoms with Crippen molar-refractivity contribution in [2.24, 2.45) is 0 Å². The fraction of sp³-hybridized carbons (Fsp3) is 0.400. The molecular formula is C30H29ClF2N6O3. The molecule has 2 aromatic carbocycles. The fourth-order valence-electron chi connectivity index (χ4n) is 6.77. The number of carboxylic acid groups (broad SMARTS) is 1. The lowest BCUT2D eigenvalue weighted by molar-refractivity contribution is 0.114. The normalized spacial score (nSPS) is 22.4. The third kappa shape index (κ3) is 4.46. The van der Waals surface area contributed by atoms with Crippen LogP contribution >= 0.6 is 11.6 Å². The number of anilines is 1. The van der Waals surface area contributed by atoms with Gasteiger partial charge in [0.05, 0.1) is 22.5 Å². The standard InChI is InChI=1S/C30H29ClF2N6O3/c1-37-11-3-5-19(37)15-42-29-35-27-21(28(36-29)38-13-17-8-9-18(14-38)39(17)30(40)41)12-34-26(25(27)33)20-6-2-4-16-7-10-22(32)24(31)23(16)20/h2,4,6-7,10,12,17-19H,3,5,8-9,11,13-15H2,1H3,(H,40,41)/t17-,18+,19-/m0/s1. The van der Waals surface area contributed by atoms with Gasteiger partial charge in [-0.05, 0) is 50.7 Å². The Bertz CT molecular complexity index is 1710. The lowest BCUT2D eigenvalue weighted by Gasteiger charge is -2.40. The summed E-state index contributed by atoms with van der Waals surface area (Å²) in [7, 11) is 2.04. The Labute approximate surface area is 245 Å². The highest BCUT2D eigenvalue weighted by Crippen LogP contribution is 2.40. The van der Waals surface area contributed by atoms with E-state index < -0.39 is 17.7 Å². The molecule has 0 aliphatic carbocycles. The SMILES string of the molecule is CN1CCC[C@H]1COc1nc(N2C[C@H]3CC[C@@H](C2)N3C(=O)O)c2cnc(-c3cccc4ccc(F)c(Cl)c34)c(F)c2n1. The van der Waals surface area contributed by atoms with Crippen molar-refractivity contribution >= 4 is 45.2 Å². The maximum Gasteiger partial charge on any atom is 0.407 e. The zero-order valence-corrected chi connectivity index (χ0v) is 23.7. The van der Waals surface area contributed by atoms with Crippen molar-refractivity contribution in [2.75, 3.05) is 38.2 Å². The summed E-state index contributed by atoms with van der Waals surface area (Å²) in [4.78, 5) is 31.3. The number of rotatable bonds is 5. The summed E-state index contributed by atoms with van der Waals surface area (Å²) >= 11 is 6.36. The van der Waals surface area contributed by atoms with Gasteiger partial charge >= 0.3 is 12.1 Å². The Kier molecular flexibility index (Phi) is 6.73. The largest absolute Gasteiger partial charge is 0.465 e. The van der Waals surface area contributed by atoms with E-state index in [0.717, 1.165) is 32.2 Å². The third-order valence-corrected chi connectivity index (χ3v) is 9.28. The van der Waals surface area contributed by atoms with E-state index in [0.29, 0.717) is 47.2 Å². The van der Waals surface area contributed by atoms with Crippen molar-refractivity contribution in [2.45, 2.75) is 43.8 Å². The highest BCUT2D eigenvalue weighted by atomic mass is 35.5. The van der Waals surface area contributed by atoms with Gasteiger partial charge in [-0.2, -0.15) is 9.97 Å². The van der Waals surface area contributed by atoms with Gasteiger partial charge in [-0.25, -0.2) is 13.6 Å². The summed E-state index contributed by atoms with van der Waals surface area (Å²) in [5, 5.41) is 11.0. The summed E-state index contributed by atoms with van der Waals surface area (Å²) in [5.41, 5.74) is 0.361. The predicted octanol–water partition coefficient (Wildman–Crippen LogP) is 5.58. The molecule has 0 saturated carbocycles. The van der Waals surface area contributed by atoms with E-state index in [-0.39, 0.29) is 40.4 Å². The number of likely N-dealkylation sites (tertiary alicyclic amines) is 1. The van der Waals surface area contributed by atoms with Crippen LogP contribution in [0.25, 0.3) is 32.9 Å². The van der Waals surface area contributed by atoms with Crippen molar-refractivity contribution in [3.63, 3.8) is 0 Å². The number of aromatic nitrogens is 3. The van der Waals surface area contributed by atoms with Crippen LogP contribution in [0.4, 0.5) is 19.4 Å². The average Bonchev–Trinajstić information content (AvgIpc) is 3.52. The van der Waals surface area contributed by atoms with E-state index in [9.17, 15) is 14.3 Å². The molecule has 0 unspecified atom stereocenters. The first-order valence-electron chi connectivity index (χ1n) is 14.1. The van der Waals surface area contributed by atoms with Crippen molar-refractivity contribution < 1.29 is 23.4 Å². The minimum absolute atomic E-state index is 0.0116. The van der Waals surface area contributed by atoms with Gasteiger partial charge in [0.15, 0.2) is 5.82 Å². The Hall–Kier alpha value is -3.83. The molecule has 3 saturated heterocycles. The average molecular weight is 595 g/mol. The summed E-state index contributed by atoms with van der Waals surface area (Å²) in [6.07, 6.45) is 4.16. The molecule has 4 aromatic rings. The van der Waals surface area contributed by atoms with E-state index in [1.165, 1.54) is 17.2 Å². The highest BCUT2D eigenvalue weighted by molar-refractivity contribution is 6.36. The topological polar surface area (TPSA) is 94.9 Å².